The molecule has 0 saturated heterocycles. The molecular weight excluding hydrogens is 166 g/mol. The molecule has 1 saturated carbocycles. The largest absolute Gasteiger partial charge is 0.390 e. The Hall–Kier alpha value is -0.220. The molecule has 72 valence electrons. The van der Waals surface area contributed by atoms with E-state index in [0.29, 0.717) is 13.0 Å². The molecule has 1 rings (SSSR count). The summed E-state index contributed by atoms with van der Waals surface area (Å²) < 4.78 is 30.8. The molecule has 0 aromatic carbocycles. The monoisotopic (exact) mass is 180 g/mol. The van der Waals surface area contributed by atoms with E-state index in [1.165, 1.54) is 0 Å². The van der Waals surface area contributed by atoms with Crippen LogP contribution in [0.3, 0.4) is 0 Å². The van der Waals surface area contributed by atoms with Crippen LogP contribution >= 0.6 is 0 Å². The smallest absolute Gasteiger partial charge is 0.160 e. The SMILES string of the molecule is CCOC1CCC(O)C(F)C1F. The molecule has 4 unspecified atom stereocenters. The maximum absolute atomic E-state index is 13.0. The van der Waals surface area contributed by atoms with E-state index in [1.807, 2.05) is 0 Å². The molecule has 0 aliphatic heterocycles. The average Bonchev–Trinajstić information content (AvgIpc) is 2.07. The van der Waals surface area contributed by atoms with E-state index in [-0.39, 0.29) is 6.42 Å². The highest BCUT2D eigenvalue weighted by Crippen LogP contribution is 2.26. The van der Waals surface area contributed by atoms with E-state index in [1.54, 1.807) is 6.92 Å². The highest BCUT2D eigenvalue weighted by molar-refractivity contribution is 4.88. The van der Waals surface area contributed by atoms with Gasteiger partial charge in [-0.15, -0.1) is 0 Å². The van der Waals surface area contributed by atoms with Crippen LogP contribution in [0.1, 0.15) is 19.8 Å². The average molecular weight is 180 g/mol. The molecule has 0 spiro atoms. The summed E-state index contributed by atoms with van der Waals surface area (Å²) in [5.41, 5.74) is 0. The minimum atomic E-state index is -1.78. The molecule has 0 heterocycles. The van der Waals surface area contributed by atoms with Crippen molar-refractivity contribution in [3.8, 4) is 0 Å². The zero-order chi connectivity index (χ0) is 9.14. The predicted octanol–water partition coefficient (Wildman–Crippen LogP) is 1.22. The van der Waals surface area contributed by atoms with Gasteiger partial charge in [-0.05, 0) is 19.8 Å². The zero-order valence-electron chi connectivity index (χ0n) is 7.04. The number of ether oxygens (including phenoxy) is 1. The van der Waals surface area contributed by atoms with E-state index in [4.69, 9.17) is 9.84 Å². The summed E-state index contributed by atoms with van der Waals surface area (Å²) in [7, 11) is 0. The lowest BCUT2D eigenvalue weighted by Crippen LogP contribution is -2.45. The number of aliphatic hydroxyl groups is 1. The van der Waals surface area contributed by atoms with Crippen molar-refractivity contribution in [3.05, 3.63) is 0 Å². The predicted molar refractivity (Wildman–Crippen MR) is 40.4 cm³/mol. The van der Waals surface area contributed by atoms with Crippen molar-refractivity contribution in [2.24, 2.45) is 0 Å². The van der Waals surface area contributed by atoms with Gasteiger partial charge in [-0.1, -0.05) is 0 Å². The molecule has 1 fully saturated rings. The summed E-state index contributed by atoms with van der Waals surface area (Å²) >= 11 is 0. The fourth-order valence-electron chi connectivity index (χ4n) is 1.46. The molecule has 0 aromatic rings. The molecule has 1 aliphatic carbocycles. The summed E-state index contributed by atoms with van der Waals surface area (Å²) in [5.74, 6) is 0. The summed E-state index contributed by atoms with van der Waals surface area (Å²) in [6, 6.07) is 0. The normalized spacial score (nSPS) is 43.0. The Balaban J connectivity index is 2.46. The third kappa shape index (κ3) is 1.93. The van der Waals surface area contributed by atoms with Crippen molar-refractivity contribution >= 4 is 0 Å². The maximum Gasteiger partial charge on any atom is 0.160 e. The van der Waals surface area contributed by atoms with Gasteiger partial charge < -0.3 is 9.84 Å². The first-order valence-electron chi connectivity index (χ1n) is 4.24. The number of aliphatic hydroxyl groups excluding tert-OH is 1. The second kappa shape index (κ2) is 4.14. The third-order valence-electron chi connectivity index (χ3n) is 2.15. The highest BCUT2D eigenvalue weighted by Gasteiger charge is 2.39. The molecule has 12 heavy (non-hydrogen) atoms. The molecule has 4 heteroatoms. The van der Waals surface area contributed by atoms with Crippen LogP contribution in [0.15, 0.2) is 0 Å². The molecule has 4 atom stereocenters. The number of halogens is 2. The second-order valence-corrected chi connectivity index (χ2v) is 3.03. The summed E-state index contributed by atoms with van der Waals surface area (Å²) in [6.07, 6.45) is -4.60. The summed E-state index contributed by atoms with van der Waals surface area (Å²) in [6.45, 7) is 2.12. The van der Waals surface area contributed by atoms with Crippen LogP contribution in [-0.4, -0.2) is 36.3 Å². The van der Waals surface area contributed by atoms with Crippen molar-refractivity contribution in [3.63, 3.8) is 0 Å². The summed E-state index contributed by atoms with van der Waals surface area (Å²) in [5, 5.41) is 8.96. The topological polar surface area (TPSA) is 29.5 Å². The first-order valence-corrected chi connectivity index (χ1v) is 4.24. The van der Waals surface area contributed by atoms with Crippen molar-refractivity contribution in [2.45, 2.75) is 44.3 Å². The van der Waals surface area contributed by atoms with Gasteiger partial charge in [-0.2, -0.15) is 0 Å². The molecular formula is C8H14F2O2. The Morgan fingerprint density at radius 1 is 1.33 bits per heavy atom. The lowest BCUT2D eigenvalue weighted by Gasteiger charge is -2.31. The molecule has 0 bridgehead atoms. The van der Waals surface area contributed by atoms with Crippen molar-refractivity contribution in [1.29, 1.82) is 0 Å². The van der Waals surface area contributed by atoms with Gasteiger partial charge in [0.05, 0.1) is 12.2 Å². The number of hydrogen-bond donors (Lipinski definition) is 1. The Kier molecular flexibility index (Phi) is 3.40. The van der Waals surface area contributed by atoms with Crippen LogP contribution in [0.4, 0.5) is 8.78 Å². The van der Waals surface area contributed by atoms with E-state index in [2.05, 4.69) is 0 Å². The van der Waals surface area contributed by atoms with Crippen molar-refractivity contribution < 1.29 is 18.6 Å². The van der Waals surface area contributed by atoms with Gasteiger partial charge >= 0.3 is 0 Å². The molecule has 1 N–H and O–H groups in total. The fourth-order valence-corrected chi connectivity index (χ4v) is 1.46. The third-order valence-corrected chi connectivity index (χ3v) is 2.15. The number of rotatable bonds is 2. The standard InChI is InChI=1S/C8H14F2O2/c1-2-12-6-4-3-5(11)7(9)8(6)10/h5-8,11H,2-4H2,1H3. The van der Waals surface area contributed by atoms with Gasteiger partial charge in [0.2, 0.25) is 0 Å². The van der Waals surface area contributed by atoms with E-state index in [0.717, 1.165) is 0 Å². The van der Waals surface area contributed by atoms with Crippen LogP contribution in [0.2, 0.25) is 0 Å². The molecule has 1 aliphatic rings. The second-order valence-electron chi connectivity index (χ2n) is 3.03. The maximum atomic E-state index is 13.0. The zero-order valence-corrected chi connectivity index (χ0v) is 7.04. The number of alkyl halides is 2. The summed E-state index contributed by atoms with van der Waals surface area (Å²) in [4.78, 5) is 0. The number of hydrogen-bond acceptors (Lipinski definition) is 2. The minimum Gasteiger partial charge on any atom is -0.390 e. The molecule has 2 nitrogen and oxygen atoms in total. The van der Waals surface area contributed by atoms with E-state index in [9.17, 15) is 8.78 Å². The van der Waals surface area contributed by atoms with Gasteiger partial charge in [0.25, 0.3) is 0 Å². The minimum absolute atomic E-state index is 0.284. The fraction of sp³-hybridized carbons (Fsp3) is 1.00. The highest BCUT2D eigenvalue weighted by atomic mass is 19.2. The van der Waals surface area contributed by atoms with Crippen LogP contribution in [0.25, 0.3) is 0 Å². The van der Waals surface area contributed by atoms with Gasteiger partial charge in [0, 0.05) is 6.61 Å². The van der Waals surface area contributed by atoms with Gasteiger partial charge in [-0.25, -0.2) is 8.78 Å². The first-order chi connectivity index (χ1) is 5.66. The Morgan fingerprint density at radius 2 is 2.00 bits per heavy atom. The van der Waals surface area contributed by atoms with Crippen molar-refractivity contribution in [1.82, 2.24) is 0 Å². The quantitative estimate of drug-likeness (QED) is 0.692. The molecule has 0 aromatic heterocycles. The Bertz CT molecular complexity index is 143. The molecule has 0 amide bonds. The van der Waals surface area contributed by atoms with Crippen LogP contribution < -0.4 is 0 Å². The molecule has 0 radical (unpaired) electrons. The first kappa shape index (κ1) is 9.86. The van der Waals surface area contributed by atoms with Gasteiger partial charge in [0.15, 0.2) is 12.3 Å². The van der Waals surface area contributed by atoms with Crippen LogP contribution in [0.5, 0.6) is 0 Å². The van der Waals surface area contributed by atoms with Gasteiger partial charge in [0.1, 0.15) is 0 Å². The lowest BCUT2D eigenvalue weighted by atomic mass is 9.91. The van der Waals surface area contributed by atoms with Crippen molar-refractivity contribution in [2.75, 3.05) is 6.61 Å². The van der Waals surface area contributed by atoms with Crippen LogP contribution in [0, 0.1) is 0 Å². The van der Waals surface area contributed by atoms with Crippen LogP contribution in [-0.2, 0) is 4.74 Å². The van der Waals surface area contributed by atoms with E-state index >= 15 is 0 Å². The lowest BCUT2D eigenvalue weighted by molar-refractivity contribution is -0.0951. The van der Waals surface area contributed by atoms with E-state index < -0.39 is 24.6 Å². The Labute approximate surface area is 70.5 Å². The van der Waals surface area contributed by atoms with Gasteiger partial charge in [-0.3, -0.25) is 0 Å². The Morgan fingerprint density at radius 3 is 2.58 bits per heavy atom.